The summed E-state index contributed by atoms with van der Waals surface area (Å²) in [5.41, 5.74) is 4.61. The zero-order valence-corrected chi connectivity index (χ0v) is 16.5. The first-order chi connectivity index (χ1) is 13.0. The summed E-state index contributed by atoms with van der Waals surface area (Å²) in [7, 11) is 2.04. The largest absolute Gasteiger partial charge is 0.350 e. The molecule has 1 aliphatic heterocycles. The predicted octanol–water partition coefficient (Wildman–Crippen LogP) is 3.47. The average Bonchev–Trinajstić information content (AvgIpc) is 3.14. The topological polar surface area (TPSA) is 43.1 Å². The number of aromatic nitrogens is 3. The number of likely N-dealkylation sites (tertiary alicyclic amines) is 1. The molecular formula is C22H28N4O. The lowest BCUT2D eigenvalue weighted by Gasteiger charge is -2.32. The Labute approximate surface area is 160 Å². The summed E-state index contributed by atoms with van der Waals surface area (Å²) in [6.07, 6.45) is 4.70. The van der Waals surface area contributed by atoms with Gasteiger partial charge in [-0.05, 0) is 50.3 Å². The smallest absolute Gasteiger partial charge is 0.227 e. The standard InChI is InChI=1S/C22H28N4O/c1-16-12-17(2)26(23-16)14-18-8-10-25(11-9-18)22(27)13-19-15-24(3)21-7-5-4-6-20(19)21/h4-7,12,15,18H,8-11,13-14H2,1-3H3. The molecule has 0 unspecified atom stereocenters. The number of amides is 1. The third kappa shape index (κ3) is 3.64. The molecule has 0 atom stereocenters. The second-order valence-corrected chi connectivity index (χ2v) is 7.89. The van der Waals surface area contributed by atoms with E-state index in [9.17, 15) is 4.79 Å². The molecule has 0 aliphatic carbocycles. The van der Waals surface area contributed by atoms with Crippen molar-refractivity contribution in [1.82, 2.24) is 19.2 Å². The van der Waals surface area contributed by atoms with E-state index in [0.29, 0.717) is 12.3 Å². The highest BCUT2D eigenvalue weighted by atomic mass is 16.2. The van der Waals surface area contributed by atoms with Gasteiger partial charge >= 0.3 is 0 Å². The Balaban J connectivity index is 1.36. The van der Waals surface area contributed by atoms with Crippen molar-refractivity contribution in [3.63, 3.8) is 0 Å². The van der Waals surface area contributed by atoms with Crippen LogP contribution in [0.25, 0.3) is 10.9 Å². The molecule has 3 aromatic rings. The van der Waals surface area contributed by atoms with Crippen molar-refractivity contribution in [3.05, 3.63) is 53.5 Å². The number of fused-ring (bicyclic) bond motifs is 1. The van der Waals surface area contributed by atoms with E-state index in [0.717, 1.165) is 43.7 Å². The highest BCUT2D eigenvalue weighted by molar-refractivity contribution is 5.89. The van der Waals surface area contributed by atoms with Crippen molar-refractivity contribution in [2.75, 3.05) is 13.1 Å². The monoisotopic (exact) mass is 364 g/mol. The summed E-state index contributed by atoms with van der Waals surface area (Å²) in [5, 5.41) is 5.77. The number of benzene rings is 1. The molecule has 1 aromatic carbocycles. The first kappa shape index (κ1) is 17.8. The molecule has 27 heavy (non-hydrogen) atoms. The Bertz CT molecular complexity index is 960. The normalized spacial score (nSPS) is 15.6. The molecule has 5 nitrogen and oxygen atoms in total. The summed E-state index contributed by atoms with van der Waals surface area (Å²) < 4.78 is 4.23. The maximum atomic E-state index is 12.8. The van der Waals surface area contributed by atoms with Gasteiger partial charge in [0, 0.05) is 49.5 Å². The van der Waals surface area contributed by atoms with Gasteiger partial charge in [0.15, 0.2) is 0 Å². The second kappa shape index (κ2) is 7.22. The molecule has 0 radical (unpaired) electrons. The summed E-state index contributed by atoms with van der Waals surface area (Å²) in [5.74, 6) is 0.848. The molecule has 0 saturated carbocycles. The van der Waals surface area contributed by atoms with Gasteiger partial charge in [-0.1, -0.05) is 18.2 Å². The van der Waals surface area contributed by atoms with Gasteiger partial charge in [-0.15, -0.1) is 0 Å². The van der Waals surface area contributed by atoms with Crippen LogP contribution in [-0.2, 0) is 24.8 Å². The Morgan fingerprint density at radius 1 is 1.19 bits per heavy atom. The summed E-state index contributed by atoms with van der Waals surface area (Å²) in [4.78, 5) is 14.9. The SMILES string of the molecule is Cc1cc(C)n(CC2CCN(C(=O)Cc3cn(C)c4ccccc34)CC2)n1. The van der Waals surface area contributed by atoms with E-state index < -0.39 is 0 Å². The van der Waals surface area contributed by atoms with Crippen LogP contribution in [0.4, 0.5) is 0 Å². The Hall–Kier alpha value is -2.56. The molecular weight excluding hydrogens is 336 g/mol. The lowest BCUT2D eigenvalue weighted by atomic mass is 9.96. The predicted molar refractivity (Wildman–Crippen MR) is 108 cm³/mol. The van der Waals surface area contributed by atoms with E-state index in [1.165, 1.54) is 16.6 Å². The molecule has 1 saturated heterocycles. The molecule has 1 fully saturated rings. The third-order valence-corrected chi connectivity index (χ3v) is 5.82. The Morgan fingerprint density at radius 2 is 1.93 bits per heavy atom. The van der Waals surface area contributed by atoms with Crippen molar-refractivity contribution in [2.45, 2.75) is 39.7 Å². The van der Waals surface area contributed by atoms with Crippen LogP contribution in [-0.4, -0.2) is 38.2 Å². The molecule has 0 N–H and O–H groups in total. The molecule has 4 rings (SSSR count). The third-order valence-electron chi connectivity index (χ3n) is 5.82. The molecule has 5 heteroatoms. The molecule has 0 spiro atoms. The molecule has 1 aliphatic rings. The zero-order chi connectivity index (χ0) is 19.0. The molecule has 0 bridgehead atoms. The van der Waals surface area contributed by atoms with Crippen LogP contribution < -0.4 is 0 Å². The van der Waals surface area contributed by atoms with Gasteiger partial charge in [-0.25, -0.2) is 0 Å². The van der Waals surface area contributed by atoms with Gasteiger partial charge in [0.1, 0.15) is 0 Å². The number of aryl methyl sites for hydroxylation is 3. The maximum Gasteiger partial charge on any atom is 0.227 e. The maximum absolute atomic E-state index is 12.8. The molecule has 1 amide bonds. The van der Waals surface area contributed by atoms with Gasteiger partial charge in [-0.3, -0.25) is 9.48 Å². The average molecular weight is 364 g/mol. The van der Waals surface area contributed by atoms with Crippen molar-refractivity contribution in [1.29, 1.82) is 0 Å². The van der Waals surface area contributed by atoms with Crippen LogP contribution in [0.1, 0.15) is 29.8 Å². The van der Waals surface area contributed by atoms with E-state index in [1.807, 2.05) is 31.0 Å². The fourth-order valence-corrected chi connectivity index (χ4v) is 4.31. The van der Waals surface area contributed by atoms with Crippen LogP contribution in [0.15, 0.2) is 36.5 Å². The molecule has 142 valence electrons. The van der Waals surface area contributed by atoms with Crippen LogP contribution in [0.3, 0.4) is 0 Å². The van der Waals surface area contributed by atoms with Crippen molar-refractivity contribution in [2.24, 2.45) is 13.0 Å². The first-order valence-electron chi connectivity index (χ1n) is 9.83. The lowest BCUT2D eigenvalue weighted by Crippen LogP contribution is -2.40. The van der Waals surface area contributed by atoms with E-state index in [4.69, 9.17) is 0 Å². The highest BCUT2D eigenvalue weighted by Crippen LogP contribution is 2.24. The zero-order valence-electron chi connectivity index (χ0n) is 16.5. The van der Waals surface area contributed by atoms with Crippen LogP contribution in [0.2, 0.25) is 0 Å². The minimum Gasteiger partial charge on any atom is -0.350 e. The molecule has 3 heterocycles. The number of para-hydroxylation sites is 1. The highest BCUT2D eigenvalue weighted by Gasteiger charge is 2.24. The first-order valence-corrected chi connectivity index (χ1v) is 9.83. The number of hydrogen-bond acceptors (Lipinski definition) is 2. The number of rotatable bonds is 4. The number of nitrogens with zero attached hydrogens (tertiary/aromatic N) is 4. The van der Waals surface area contributed by atoms with Gasteiger partial charge < -0.3 is 9.47 Å². The minimum absolute atomic E-state index is 0.246. The van der Waals surface area contributed by atoms with Crippen molar-refractivity contribution in [3.8, 4) is 0 Å². The fourth-order valence-electron chi connectivity index (χ4n) is 4.31. The lowest BCUT2D eigenvalue weighted by molar-refractivity contribution is -0.131. The minimum atomic E-state index is 0.246. The van der Waals surface area contributed by atoms with Crippen molar-refractivity contribution >= 4 is 16.8 Å². The summed E-state index contributed by atoms with van der Waals surface area (Å²) in [6.45, 7) is 6.83. The number of carbonyl (C=O) groups is 1. The quantitative estimate of drug-likeness (QED) is 0.711. The number of carbonyl (C=O) groups excluding carboxylic acids is 1. The van der Waals surface area contributed by atoms with Gasteiger partial charge in [0.2, 0.25) is 5.91 Å². The number of hydrogen-bond donors (Lipinski definition) is 0. The van der Waals surface area contributed by atoms with E-state index >= 15 is 0 Å². The van der Waals surface area contributed by atoms with Crippen molar-refractivity contribution < 1.29 is 4.79 Å². The van der Waals surface area contributed by atoms with Gasteiger partial charge in [-0.2, -0.15) is 5.10 Å². The van der Waals surface area contributed by atoms with E-state index in [2.05, 4.69) is 45.7 Å². The Kier molecular flexibility index (Phi) is 4.77. The van der Waals surface area contributed by atoms with E-state index in [1.54, 1.807) is 0 Å². The van der Waals surface area contributed by atoms with Gasteiger partial charge in [0.25, 0.3) is 0 Å². The van der Waals surface area contributed by atoms with Gasteiger partial charge in [0.05, 0.1) is 12.1 Å². The number of piperidine rings is 1. The summed E-state index contributed by atoms with van der Waals surface area (Å²) >= 11 is 0. The van der Waals surface area contributed by atoms with Crippen LogP contribution >= 0.6 is 0 Å². The second-order valence-electron chi connectivity index (χ2n) is 7.89. The van der Waals surface area contributed by atoms with E-state index in [-0.39, 0.29) is 5.91 Å². The van der Waals surface area contributed by atoms with Crippen LogP contribution in [0.5, 0.6) is 0 Å². The van der Waals surface area contributed by atoms with Crippen LogP contribution in [0, 0.1) is 19.8 Å². The summed E-state index contributed by atoms with van der Waals surface area (Å²) in [6, 6.07) is 10.4. The molecule has 2 aromatic heterocycles. The fraction of sp³-hybridized carbons (Fsp3) is 0.455. The Morgan fingerprint density at radius 3 is 2.63 bits per heavy atom.